The molecule has 2 aromatic carbocycles. The molecule has 2 saturated heterocycles. The molecule has 0 N–H and O–H groups in total. The Labute approximate surface area is 207 Å². The Bertz CT molecular complexity index is 1150. The van der Waals surface area contributed by atoms with Crippen LogP contribution >= 0.6 is 23.5 Å². The number of ether oxygens (including phenoxy) is 2. The largest absolute Gasteiger partial charge is 0.493 e. The number of carbonyl (C=O) groups excluding carboxylic acids is 3. The second kappa shape index (κ2) is 10.6. The van der Waals surface area contributed by atoms with Crippen LogP contribution in [0, 0.1) is 6.92 Å². The summed E-state index contributed by atoms with van der Waals surface area (Å²) in [5, 5.41) is -0.445. The summed E-state index contributed by atoms with van der Waals surface area (Å²) >= 11 is 2.47. The Morgan fingerprint density at radius 3 is 2.65 bits per heavy atom. The minimum absolute atomic E-state index is 0.0144. The number of nitrogens with zero attached hydrogens (tertiary/aromatic N) is 2. The molecule has 0 bridgehead atoms. The molecular weight excluding hydrogens is 472 g/mol. The molecule has 178 valence electrons. The smallest absolute Gasteiger partial charge is 0.293 e. The third kappa shape index (κ3) is 5.10. The third-order valence-corrected chi connectivity index (χ3v) is 7.68. The number of benzene rings is 2. The normalized spacial score (nSPS) is 19.4. The fourth-order valence-electron chi connectivity index (χ4n) is 3.90. The topological polar surface area (TPSA) is 76.2 Å². The van der Waals surface area contributed by atoms with Gasteiger partial charge in [-0.15, -0.1) is 11.8 Å². The Hall–Kier alpha value is -2.91. The van der Waals surface area contributed by atoms with Crippen LogP contribution in [0.4, 0.5) is 4.79 Å². The van der Waals surface area contributed by atoms with Crippen LogP contribution < -0.4 is 9.47 Å². The number of methoxy groups -OCH3 is 1. The maximum atomic E-state index is 13.0. The number of thioether (sulfide) groups is 2. The highest BCUT2D eigenvalue weighted by atomic mass is 32.2. The van der Waals surface area contributed by atoms with Crippen LogP contribution in [0.1, 0.15) is 29.0 Å². The number of amides is 3. The van der Waals surface area contributed by atoms with E-state index >= 15 is 0 Å². The van der Waals surface area contributed by atoms with E-state index in [1.54, 1.807) is 42.0 Å². The van der Waals surface area contributed by atoms with Crippen molar-refractivity contribution in [1.82, 2.24) is 9.80 Å². The summed E-state index contributed by atoms with van der Waals surface area (Å²) in [6.45, 7) is 4.87. The molecule has 2 heterocycles. The number of hydrogen-bond donors (Lipinski definition) is 0. The molecule has 3 amide bonds. The Morgan fingerprint density at radius 2 is 1.91 bits per heavy atom. The number of aryl methyl sites for hydroxylation is 1. The fraction of sp³-hybridized carbons (Fsp3) is 0.320. The Kier molecular flexibility index (Phi) is 7.53. The van der Waals surface area contributed by atoms with Gasteiger partial charge in [-0.05, 0) is 54.9 Å². The van der Waals surface area contributed by atoms with Crippen LogP contribution in [0.15, 0.2) is 47.4 Å². The van der Waals surface area contributed by atoms with E-state index in [4.69, 9.17) is 9.47 Å². The van der Waals surface area contributed by atoms with Crippen LogP contribution in [0.5, 0.6) is 11.5 Å². The van der Waals surface area contributed by atoms with Crippen molar-refractivity contribution in [2.75, 3.05) is 32.6 Å². The highest BCUT2D eigenvalue weighted by molar-refractivity contribution is 8.18. The number of carbonyl (C=O) groups is 3. The lowest BCUT2D eigenvalue weighted by Gasteiger charge is -2.26. The van der Waals surface area contributed by atoms with Crippen molar-refractivity contribution in [1.29, 1.82) is 0 Å². The monoisotopic (exact) mass is 498 g/mol. The lowest BCUT2D eigenvalue weighted by molar-refractivity contribution is -0.129. The van der Waals surface area contributed by atoms with Crippen molar-refractivity contribution in [2.24, 2.45) is 0 Å². The fourth-order valence-corrected chi connectivity index (χ4v) is 5.97. The second-order valence-corrected chi connectivity index (χ2v) is 9.90. The van der Waals surface area contributed by atoms with Crippen molar-refractivity contribution in [3.8, 4) is 11.5 Å². The number of rotatable bonds is 8. The van der Waals surface area contributed by atoms with Crippen molar-refractivity contribution in [3.63, 3.8) is 0 Å². The van der Waals surface area contributed by atoms with E-state index in [-0.39, 0.29) is 29.0 Å². The van der Waals surface area contributed by atoms with Gasteiger partial charge in [-0.3, -0.25) is 19.3 Å². The van der Waals surface area contributed by atoms with Crippen LogP contribution in [0.2, 0.25) is 0 Å². The standard InChI is InChI=1S/C25H26N2O5S2/c1-4-32-19-9-8-17(13-20(19)31-3)14-21-23(29)27(25(30)34-21)11-10-26-22(28)15-33-24(26)18-7-5-6-16(2)12-18/h5-9,12-14,24H,4,10-11,15H2,1-3H3. The predicted molar refractivity (Wildman–Crippen MR) is 135 cm³/mol. The molecule has 0 aliphatic carbocycles. The molecule has 2 aromatic rings. The molecular formula is C25H26N2O5S2. The van der Waals surface area contributed by atoms with E-state index in [0.29, 0.717) is 35.3 Å². The molecule has 0 aromatic heterocycles. The van der Waals surface area contributed by atoms with Gasteiger partial charge >= 0.3 is 0 Å². The van der Waals surface area contributed by atoms with Crippen LogP contribution in [0.3, 0.4) is 0 Å². The van der Waals surface area contributed by atoms with E-state index in [1.807, 2.05) is 38.1 Å². The van der Waals surface area contributed by atoms with Gasteiger partial charge in [-0.1, -0.05) is 35.9 Å². The molecule has 1 atom stereocenters. The molecule has 7 nitrogen and oxygen atoms in total. The van der Waals surface area contributed by atoms with Gasteiger partial charge in [-0.25, -0.2) is 0 Å². The van der Waals surface area contributed by atoms with E-state index < -0.39 is 0 Å². The van der Waals surface area contributed by atoms with Gasteiger partial charge in [0.1, 0.15) is 5.37 Å². The highest BCUT2D eigenvalue weighted by Gasteiger charge is 2.38. The molecule has 2 aliphatic rings. The van der Waals surface area contributed by atoms with Crippen LogP contribution in [-0.4, -0.2) is 59.4 Å². The zero-order valence-corrected chi connectivity index (χ0v) is 20.9. The Balaban J connectivity index is 1.46. The van der Waals surface area contributed by atoms with Crippen LogP contribution in [0.25, 0.3) is 6.08 Å². The molecule has 2 aliphatic heterocycles. The van der Waals surface area contributed by atoms with E-state index in [9.17, 15) is 14.4 Å². The molecule has 4 rings (SSSR count). The third-order valence-electron chi connectivity index (χ3n) is 5.52. The first-order chi connectivity index (χ1) is 16.4. The molecule has 0 saturated carbocycles. The lowest BCUT2D eigenvalue weighted by Crippen LogP contribution is -2.39. The zero-order chi connectivity index (χ0) is 24.2. The quantitative estimate of drug-likeness (QED) is 0.488. The summed E-state index contributed by atoms with van der Waals surface area (Å²) in [5.74, 6) is 1.23. The van der Waals surface area contributed by atoms with Gasteiger partial charge < -0.3 is 14.4 Å². The molecule has 1 unspecified atom stereocenters. The summed E-state index contributed by atoms with van der Waals surface area (Å²) in [7, 11) is 1.55. The highest BCUT2D eigenvalue weighted by Crippen LogP contribution is 2.39. The van der Waals surface area contributed by atoms with Gasteiger partial charge in [0.15, 0.2) is 11.5 Å². The first-order valence-corrected chi connectivity index (χ1v) is 12.8. The summed E-state index contributed by atoms with van der Waals surface area (Å²) in [5.41, 5.74) is 2.91. The minimum Gasteiger partial charge on any atom is -0.493 e. The SMILES string of the molecule is CCOc1ccc(C=C2SC(=O)N(CCN3C(=O)CSC3c3cccc(C)c3)C2=O)cc1OC. The van der Waals surface area contributed by atoms with Gasteiger partial charge in [0.05, 0.1) is 24.4 Å². The number of imide groups is 1. The number of hydrogen-bond acceptors (Lipinski definition) is 7. The summed E-state index contributed by atoms with van der Waals surface area (Å²) in [4.78, 5) is 41.4. The first kappa shape index (κ1) is 24.2. The predicted octanol–water partition coefficient (Wildman–Crippen LogP) is 4.71. The van der Waals surface area contributed by atoms with E-state index in [1.165, 1.54) is 4.90 Å². The van der Waals surface area contributed by atoms with Crippen LogP contribution in [-0.2, 0) is 9.59 Å². The van der Waals surface area contributed by atoms with Crippen molar-refractivity contribution < 1.29 is 23.9 Å². The molecule has 34 heavy (non-hydrogen) atoms. The summed E-state index contributed by atoms with van der Waals surface area (Å²) in [6, 6.07) is 13.4. The lowest BCUT2D eigenvalue weighted by atomic mass is 10.1. The van der Waals surface area contributed by atoms with E-state index in [2.05, 4.69) is 6.07 Å². The first-order valence-electron chi connectivity index (χ1n) is 10.9. The van der Waals surface area contributed by atoms with Gasteiger partial charge in [0, 0.05) is 13.1 Å². The van der Waals surface area contributed by atoms with E-state index in [0.717, 1.165) is 28.5 Å². The van der Waals surface area contributed by atoms with Crippen molar-refractivity contribution in [3.05, 3.63) is 64.1 Å². The average Bonchev–Trinajstić information content (AvgIpc) is 3.32. The maximum Gasteiger partial charge on any atom is 0.293 e. The van der Waals surface area contributed by atoms with Gasteiger partial charge in [-0.2, -0.15) is 0 Å². The average molecular weight is 499 g/mol. The van der Waals surface area contributed by atoms with Crippen molar-refractivity contribution in [2.45, 2.75) is 19.2 Å². The molecule has 2 fully saturated rings. The zero-order valence-electron chi connectivity index (χ0n) is 19.3. The summed E-state index contributed by atoms with van der Waals surface area (Å²) < 4.78 is 10.9. The Morgan fingerprint density at radius 1 is 1.09 bits per heavy atom. The maximum absolute atomic E-state index is 13.0. The molecule has 9 heteroatoms. The molecule has 0 radical (unpaired) electrons. The van der Waals surface area contributed by atoms with Crippen molar-refractivity contribution >= 4 is 46.7 Å². The minimum atomic E-state index is -0.353. The van der Waals surface area contributed by atoms with Gasteiger partial charge in [0.25, 0.3) is 11.1 Å². The second-order valence-electron chi connectivity index (χ2n) is 7.84. The summed E-state index contributed by atoms with van der Waals surface area (Å²) in [6.07, 6.45) is 1.68. The van der Waals surface area contributed by atoms with Gasteiger partial charge in [0.2, 0.25) is 5.91 Å². The molecule has 0 spiro atoms.